The van der Waals surface area contributed by atoms with E-state index in [0.717, 1.165) is 22.3 Å². The summed E-state index contributed by atoms with van der Waals surface area (Å²) in [5.74, 6) is -1.86. The zero-order valence-corrected chi connectivity index (χ0v) is 17.3. The van der Waals surface area contributed by atoms with Gasteiger partial charge in [0.2, 0.25) is 0 Å². The van der Waals surface area contributed by atoms with Crippen LogP contribution in [0.2, 0.25) is 0 Å². The van der Waals surface area contributed by atoms with E-state index in [4.69, 9.17) is 10.2 Å². The fourth-order valence-electron chi connectivity index (χ4n) is 3.54. The van der Waals surface area contributed by atoms with E-state index in [2.05, 4.69) is 0 Å². The number of aromatic nitrogens is 2. The molecule has 0 saturated carbocycles. The molecule has 32 heavy (non-hydrogen) atoms. The molecule has 2 aromatic carbocycles. The molecule has 2 aromatic heterocycles. The van der Waals surface area contributed by atoms with Crippen LogP contribution in [0.1, 0.15) is 31.8 Å². The molecule has 0 saturated heterocycles. The van der Waals surface area contributed by atoms with Crippen LogP contribution in [0.15, 0.2) is 97.6 Å². The van der Waals surface area contributed by atoms with Crippen molar-refractivity contribution in [3.8, 4) is 11.1 Å². The molecule has 2 N–H and O–H groups in total. The zero-order valence-electron chi connectivity index (χ0n) is 17.3. The number of hydrogen-bond donors (Lipinski definition) is 2. The second-order valence-corrected chi connectivity index (χ2v) is 7.53. The average molecular weight is 426 g/mol. The van der Waals surface area contributed by atoms with Crippen LogP contribution >= 0.6 is 0 Å². The SMILES string of the molecule is O=C(O)c1cccc(C[n+]2ccc(-c3cc[n+](Cc4cccc(C(=O)O)c4)cc3)cc2)c1. The topological polar surface area (TPSA) is 82.4 Å². The molecule has 158 valence electrons. The van der Waals surface area contributed by atoms with Crippen molar-refractivity contribution in [2.45, 2.75) is 13.1 Å². The standard InChI is InChI=1S/C26H20N2O4/c29-25(30)23-5-1-3-19(15-23)17-27-11-7-21(8-12-27)22-9-13-28(14-10-22)18-20-4-2-6-24(16-20)26(31)32/h1-16H,17-18H2/p+2. The molecule has 2 heterocycles. The van der Waals surface area contributed by atoms with Gasteiger partial charge in [-0.05, 0) is 35.4 Å². The van der Waals surface area contributed by atoms with Crippen LogP contribution in [0.25, 0.3) is 11.1 Å². The fourth-order valence-corrected chi connectivity index (χ4v) is 3.54. The van der Waals surface area contributed by atoms with Gasteiger partial charge in [0.25, 0.3) is 0 Å². The third-order valence-electron chi connectivity index (χ3n) is 5.19. The molecule has 4 rings (SSSR count). The van der Waals surface area contributed by atoms with Gasteiger partial charge in [-0.3, -0.25) is 0 Å². The van der Waals surface area contributed by atoms with Gasteiger partial charge in [-0.2, -0.15) is 0 Å². The zero-order chi connectivity index (χ0) is 22.5. The van der Waals surface area contributed by atoms with Crippen LogP contribution < -0.4 is 9.13 Å². The highest BCUT2D eigenvalue weighted by Crippen LogP contribution is 2.16. The molecule has 0 aliphatic heterocycles. The lowest BCUT2D eigenvalue weighted by Gasteiger charge is -2.03. The molecule has 0 bridgehead atoms. The Kier molecular flexibility index (Phi) is 6.03. The van der Waals surface area contributed by atoms with Crippen LogP contribution in [0.5, 0.6) is 0 Å². The monoisotopic (exact) mass is 426 g/mol. The Hall–Kier alpha value is -4.32. The maximum absolute atomic E-state index is 11.1. The minimum absolute atomic E-state index is 0.284. The molecule has 4 aromatic rings. The molecule has 6 heteroatoms. The number of nitrogens with zero attached hydrogens (tertiary/aromatic N) is 2. The van der Waals surface area contributed by atoms with Crippen molar-refractivity contribution < 1.29 is 28.9 Å². The number of rotatable bonds is 7. The fraction of sp³-hybridized carbons (Fsp3) is 0.0769. The Labute approximate surface area is 185 Å². The van der Waals surface area contributed by atoms with Crippen molar-refractivity contribution >= 4 is 11.9 Å². The summed E-state index contributed by atoms with van der Waals surface area (Å²) >= 11 is 0. The lowest BCUT2D eigenvalue weighted by atomic mass is 10.1. The summed E-state index contributed by atoms with van der Waals surface area (Å²) in [7, 11) is 0. The lowest BCUT2D eigenvalue weighted by Crippen LogP contribution is -2.33. The lowest BCUT2D eigenvalue weighted by molar-refractivity contribution is -0.688. The number of carboxylic acid groups (broad SMARTS) is 2. The molecule has 0 spiro atoms. The Balaban J connectivity index is 1.44. The molecule has 0 atom stereocenters. The summed E-state index contributed by atoms with van der Waals surface area (Å²) in [6.07, 6.45) is 7.89. The first-order valence-corrected chi connectivity index (χ1v) is 10.1. The van der Waals surface area contributed by atoms with Crippen molar-refractivity contribution in [1.82, 2.24) is 0 Å². The first kappa shape index (κ1) is 20.9. The van der Waals surface area contributed by atoms with Gasteiger partial charge >= 0.3 is 11.9 Å². The summed E-state index contributed by atoms with van der Waals surface area (Å²) < 4.78 is 4.01. The number of carbonyl (C=O) groups is 2. The third-order valence-corrected chi connectivity index (χ3v) is 5.19. The van der Waals surface area contributed by atoms with Crippen molar-refractivity contribution in [3.05, 3.63) is 120 Å². The van der Waals surface area contributed by atoms with Gasteiger partial charge in [-0.15, -0.1) is 0 Å². The summed E-state index contributed by atoms with van der Waals surface area (Å²) in [4.78, 5) is 22.3. The maximum Gasteiger partial charge on any atom is 0.335 e. The summed E-state index contributed by atoms with van der Waals surface area (Å²) in [6.45, 7) is 1.18. The number of pyridine rings is 2. The largest absolute Gasteiger partial charge is 0.478 e. The second-order valence-electron chi connectivity index (χ2n) is 7.53. The first-order chi connectivity index (χ1) is 15.5. The van der Waals surface area contributed by atoms with Crippen LogP contribution in [0.4, 0.5) is 0 Å². The van der Waals surface area contributed by atoms with E-state index in [9.17, 15) is 9.59 Å². The molecule has 0 fully saturated rings. The highest BCUT2D eigenvalue weighted by molar-refractivity contribution is 5.88. The smallest absolute Gasteiger partial charge is 0.335 e. The summed E-state index contributed by atoms with van der Waals surface area (Å²) in [5.41, 5.74) is 4.56. The van der Waals surface area contributed by atoms with Crippen LogP contribution in [0.3, 0.4) is 0 Å². The predicted octanol–water partition coefficient (Wildman–Crippen LogP) is 3.42. The van der Waals surface area contributed by atoms with Gasteiger partial charge in [0.1, 0.15) is 0 Å². The van der Waals surface area contributed by atoms with E-state index >= 15 is 0 Å². The summed E-state index contributed by atoms with van der Waals surface area (Å²) in [6, 6.07) is 22.0. The molecule has 0 unspecified atom stereocenters. The Bertz CT molecular complexity index is 1160. The van der Waals surface area contributed by atoms with Crippen molar-refractivity contribution in [3.63, 3.8) is 0 Å². The highest BCUT2D eigenvalue weighted by atomic mass is 16.4. The number of benzene rings is 2. The minimum atomic E-state index is -0.928. The van der Waals surface area contributed by atoms with Gasteiger partial charge in [0.15, 0.2) is 37.9 Å². The van der Waals surface area contributed by atoms with Gasteiger partial charge in [0.05, 0.1) is 11.1 Å². The van der Waals surface area contributed by atoms with Crippen LogP contribution in [-0.4, -0.2) is 22.2 Å². The molecular formula is C26H22N2O4+2. The molecule has 0 aliphatic rings. The normalized spacial score (nSPS) is 10.6. The van der Waals surface area contributed by atoms with Gasteiger partial charge in [-0.1, -0.05) is 24.3 Å². The third kappa shape index (κ3) is 5.05. The van der Waals surface area contributed by atoms with E-state index in [1.165, 1.54) is 0 Å². The Morgan fingerprint density at radius 2 is 0.969 bits per heavy atom. The molecule has 0 amide bonds. The van der Waals surface area contributed by atoms with E-state index in [1.54, 1.807) is 36.4 Å². The minimum Gasteiger partial charge on any atom is -0.478 e. The Morgan fingerprint density at radius 1 is 0.594 bits per heavy atom. The molecular weight excluding hydrogens is 404 g/mol. The van der Waals surface area contributed by atoms with E-state index in [0.29, 0.717) is 13.1 Å². The molecule has 0 aliphatic carbocycles. The second kappa shape index (κ2) is 9.22. The maximum atomic E-state index is 11.1. The quantitative estimate of drug-likeness (QED) is 0.444. The Morgan fingerprint density at radius 3 is 1.31 bits per heavy atom. The molecule has 0 radical (unpaired) electrons. The summed E-state index contributed by atoms with van der Waals surface area (Å²) in [5, 5.41) is 18.3. The van der Waals surface area contributed by atoms with E-state index in [-0.39, 0.29) is 11.1 Å². The molecule has 6 nitrogen and oxygen atoms in total. The van der Waals surface area contributed by atoms with Gasteiger partial charge in [-0.25, -0.2) is 18.7 Å². The van der Waals surface area contributed by atoms with E-state index in [1.807, 2.05) is 70.3 Å². The highest BCUT2D eigenvalue weighted by Gasteiger charge is 2.10. The van der Waals surface area contributed by atoms with Crippen LogP contribution in [-0.2, 0) is 13.1 Å². The average Bonchev–Trinajstić information content (AvgIpc) is 2.80. The predicted molar refractivity (Wildman–Crippen MR) is 117 cm³/mol. The van der Waals surface area contributed by atoms with Crippen LogP contribution in [0, 0.1) is 0 Å². The van der Waals surface area contributed by atoms with E-state index < -0.39 is 11.9 Å². The first-order valence-electron chi connectivity index (χ1n) is 10.1. The number of hydrogen-bond acceptors (Lipinski definition) is 2. The number of aromatic carboxylic acids is 2. The van der Waals surface area contributed by atoms with Gasteiger partial charge in [0, 0.05) is 35.4 Å². The van der Waals surface area contributed by atoms with Crippen molar-refractivity contribution in [1.29, 1.82) is 0 Å². The van der Waals surface area contributed by atoms with Crippen molar-refractivity contribution in [2.75, 3.05) is 0 Å². The van der Waals surface area contributed by atoms with Gasteiger partial charge < -0.3 is 10.2 Å². The number of carboxylic acids is 2. The van der Waals surface area contributed by atoms with Crippen molar-refractivity contribution in [2.24, 2.45) is 0 Å².